The molecule has 0 unspecified atom stereocenters. The molecular formula is C47H33N8O4-. The molecule has 0 aromatic heterocycles. The molecule has 286 valence electrons. The Hall–Kier alpha value is -8.81. The third-order valence-electron chi connectivity index (χ3n) is 9.66. The van der Waals surface area contributed by atoms with E-state index in [1.807, 2.05) is 48.6 Å². The van der Waals surface area contributed by atoms with Crippen molar-refractivity contribution in [3.05, 3.63) is 189 Å². The van der Waals surface area contributed by atoms with Gasteiger partial charge in [-0.25, -0.2) is 35.5 Å². The van der Waals surface area contributed by atoms with Crippen molar-refractivity contribution < 1.29 is 19.8 Å². The van der Waals surface area contributed by atoms with Gasteiger partial charge in [-0.2, -0.15) is 5.26 Å². The number of hydrogen-bond acceptors (Lipinski definition) is 9. The van der Waals surface area contributed by atoms with Gasteiger partial charge in [0.25, 0.3) is 5.70 Å². The number of piperazine rings is 1. The smallest absolute Gasteiger partial charge is 0.335 e. The number of carboxylic acids is 2. The fourth-order valence-electron chi connectivity index (χ4n) is 6.83. The van der Waals surface area contributed by atoms with Crippen molar-refractivity contribution in [3.63, 3.8) is 0 Å². The van der Waals surface area contributed by atoms with Crippen LogP contribution in [0.5, 0.6) is 0 Å². The van der Waals surface area contributed by atoms with Crippen molar-refractivity contribution in [2.24, 2.45) is 0 Å². The molecule has 0 spiro atoms. The zero-order valence-electron chi connectivity index (χ0n) is 31.5. The van der Waals surface area contributed by atoms with Crippen LogP contribution in [0.1, 0.15) is 44.7 Å². The van der Waals surface area contributed by atoms with Crippen LogP contribution >= 0.6 is 0 Å². The Labute approximate surface area is 341 Å². The third kappa shape index (κ3) is 9.71. The predicted molar refractivity (Wildman–Crippen MR) is 219 cm³/mol. The zero-order valence-corrected chi connectivity index (χ0v) is 31.5. The Morgan fingerprint density at radius 1 is 0.712 bits per heavy atom. The maximum absolute atomic E-state index is 11.4. The summed E-state index contributed by atoms with van der Waals surface area (Å²) < 4.78 is 0. The van der Waals surface area contributed by atoms with Crippen molar-refractivity contribution in [1.29, 1.82) is 26.3 Å². The zero-order chi connectivity index (χ0) is 42.3. The first-order valence-electron chi connectivity index (χ1n) is 18.1. The van der Waals surface area contributed by atoms with Crippen LogP contribution in [0, 0.1) is 69.1 Å². The minimum Gasteiger partial charge on any atom is -0.478 e. The molecule has 3 aromatic carbocycles. The van der Waals surface area contributed by atoms with E-state index >= 15 is 0 Å². The van der Waals surface area contributed by atoms with Gasteiger partial charge in [-0.1, -0.05) is 66.8 Å². The summed E-state index contributed by atoms with van der Waals surface area (Å²) in [4.78, 5) is 30.8. The lowest BCUT2D eigenvalue weighted by Crippen LogP contribution is -2.46. The Kier molecular flexibility index (Phi) is 13.8. The summed E-state index contributed by atoms with van der Waals surface area (Å²) in [6.45, 7) is 10.5. The number of benzene rings is 3. The van der Waals surface area contributed by atoms with Gasteiger partial charge < -0.3 is 20.0 Å². The summed E-state index contributed by atoms with van der Waals surface area (Å²) in [6.07, 6.45) is 11.5. The van der Waals surface area contributed by atoms with Crippen LogP contribution < -0.4 is 4.90 Å². The predicted octanol–water partition coefficient (Wildman–Crippen LogP) is 8.19. The van der Waals surface area contributed by atoms with Gasteiger partial charge in [0.05, 0.1) is 35.4 Å². The maximum Gasteiger partial charge on any atom is 0.335 e. The van der Waals surface area contributed by atoms with Crippen LogP contribution in [0.4, 0.5) is 5.69 Å². The summed E-state index contributed by atoms with van der Waals surface area (Å²) in [5.41, 5.74) is 4.66. The van der Waals surface area contributed by atoms with Crippen LogP contribution in [0.3, 0.4) is 0 Å². The molecule has 0 radical (unpaired) electrons. The van der Waals surface area contributed by atoms with E-state index in [0.717, 1.165) is 35.6 Å². The highest BCUT2D eigenvalue weighted by Gasteiger charge is 2.26. The van der Waals surface area contributed by atoms with Crippen molar-refractivity contribution >= 4 is 28.8 Å². The van der Waals surface area contributed by atoms with E-state index in [0.29, 0.717) is 37.1 Å². The summed E-state index contributed by atoms with van der Waals surface area (Å²) in [7, 11) is 0. The number of para-hydroxylation sites is 1. The number of nitriles is 5. The summed E-state index contributed by atoms with van der Waals surface area (Å²) in [6, 6.07) is 31.0. The van der Waals surface area contributed by atoms with Gasteiger partial charge in [-0.3, -0.25) is 0 Å². The lowest BCUT2D eigenvalue weighted by Gasteiger charge is -2.38. The monoisotopic (exact) mass is 773 g/mol. The van der Waals surface area contributed by atoms with Gasteiger partial charge >= 0.3 is 11.9 Å². The quantitative estimate of drug-likeness (QED) is 0.102. The van der Waals surface area contributed by atoms with Crippen molar-refractivity contribution in [3.8, 4) is 30.3 Å². The lowest BCUT2D eigenvalue weighted by atomic mass is 9.89. The fraction of sp³-hybridized carbons (Fsp3) is 0.128. The molecule has 59 heavy (non-hydrogen) atoms. The lowest BCUT2D eigenvalue weighted by molar-refractivity contribution is 0.0686. The molecule has 1 fully saturated rings. The molecule has 0 atom stereocenters. The highest BCUT2D eigenvalue weighted by molar-refractivity contribution is 5.92. The van der Waals surface area contributed by atoms with E-state index in [1.54, 1.807) is 12.2 Å². The van der Waals surface area contributed by atoms with Crippen molar-refractivity contribution in [2.75, 3.05) is 31.1 Å². The molecule has 5 rings (SSSR count). The molecule has 1 heterocycles. The number of hydrogen-bond donors (Lipinski definition) is 2. The van der Waals surface area contributed by atoms with E-state index < -0.39 is 11.9 Å². The standard InChI is InChI=1S/C47H33N8O4/c1-53-42(31-52)44(33-15-21-37(22-16-33)47(58)59)39(28-49)10-6-8-35-18-17-34(45(35)55-25-23-54(24-26-55)41-11-3-2-4-12-41)7-5-9-38(27-48)43(40(29-50)30-51)32-13-19-36(20-14-32)46(56)57/h2-16,19-22H,17-18,23-26H2,(H,56,57)(H,58,59)/q-1/b8-6+,9-5+,34-7+,39-10+,43-38-,44-42+. The number of carboxylic acid groups (broad SMARTS) is 2. The summed E-state index contributed by atoms with van der Waals surface area (Å²) in [5.74, 6) is -2.58. The second-order valence-corrected chi connectivity index (χ2v) is 13.0. The molecule has 12 nitrogen and oxygen atoms in total. The number of nitrogens with zero attached hydrogens (tertiary/aromatic N) is 8. The SMILES string of the molecule is [C-]#[N+]/C(C#N)=C(/C(C#N)=C/C=C/C1=C(N2CCN(c3ccccc3)CC2)C(=C/C=C/C(C#N)=C(\c2ccc(C(=O)O)cc2)[C-](C#N)C#N)/CC1)c1ccc(C(=O)O)cc1. The molecule has 0 saturated carbocycles. The van der Waals surface area contributed by atoms with Crippen LogP contribution in [-0.4, -0.2) is 53.2 Å². The molecule has 2 aliphatic rings. The average molecular weight is 774 g/mol. The number of carbonyl (C=O) groups is 2. The minimum atomic E-state index is -1.14. The molecule has 1 aliphatic heterocycles. The first-order chi connectivity index (χ1) is 28.7. The largest absolute Gasteiger partial charge is 0.478 e. The summed E-state index contributed by atoms with van der Waals surface area (Å²) in [5, 5.41) is 68.4. The second-order valence-electron chi connectivity index (χ2n) is 13.0. The van der Waals surface area contributed by atoms with Gasteiger partial charge in [0.1, 0.15) is 0 Å². The maximum atomic E-state index is 11.4. The van der Waals surface area contributed by atoms with E-state index in [1.165, 1.54) is 60.7 Å². The second kappa shape index (κ2) is 19.7. The average Bonchev–Trinajstić information content (AvgIpc) is 3.68. The molecule has 3 aromatic rings. The Balaban J connectivity index is 1.55. The Bertz CT molecular complexity index is 2580. The van der Waals surface area contributed by atoms with Crippen LogP contribution in [0.15, 0.2) is 149 Å². The number of allylic oxidation sites excluding steroid dienone is 13. The van der Waals surface area contributed by atoms with Gasteiger partial charge in [0.15, 0.2) is 0 Å². The topological polar surface area (TPSA) is 204 Å². The van der Waals surface area contributed by atoms with Gasteiger partial charge in [-0.05, 0) is 65.5 Å². The summed E-state index contributed by atoms with van der Waals surface area (Å²) >= 11 is 0. The third-order valence-corrected chi connectivity index (χ3v) is 9.66. The van der Waals surface area contributed by atoms with Gasteiger partial charge in [0, 0.05) is 67.3 Å². The number of rotatable bonds is 12. The normalized spacial score (nSPS) is 15.6. The first-order valence-corrected chi connectivity index (χ1v) is 18.1. The molecule has 2 N–H and O–H groups in total. The van der Waals surface area contributed by atoms with Crippen LogP contribution in [0.2, 0.25) is 0 Å². The number of anilines is 1. The highest BCUT2D eigenvalue weighted by atomic mass is 16.4. The van der Waals surface area contributed by atoms with Crippen LogP contribution in [-0.2, 0) is 0 Å². The Morgan fingerprint density at radius 2 is 1.29 bits per heavy atom. The molecular weight excluding hydrogens is 741 g/mol. The first kappa shape index (κ1) is 41.4. The molecule has 1 aliphatic carbocycles. The Morgan fingerprint density at radius 3 is 1.81 bits per heavy atom. The van der Waals surface area contributed by atoms with E-state index in [2.05, 4.69) is 38.9 Å². The molecule has 0 bridgehead atoms. The fourth-order valence-corrected chi connectivity index (χ4v) is 6.83. The minimum absolute atomic E-state index is 0.0103. The van der Waals surface area contributed by atoms with Gasteiger partial charge in [0.2, 0.25) is 0 Å². The van der Waals surface area contributed by atoms with Crippen molar-refractivity contribution in [2.45, 2.75) is 12.8 Å². The van der Waals surface area contributed by atoms with Gasteiger partial charge in [-0.15, -0.1) is 29.3 Å². The molecule has 1 saturated heterocycles. The molecule has 12 heteroatoms. The molecule has 0 amide bonds. The number of aromatic carboxylic acids is 2. The highest BCUT2D eigenvalue weighted by Crippen LogP contribution is 2.37. The van der Waals surface area contributed by atoms with E-state index in [4.69, 9.17) is 6.57 Å². The van der Waals surface area contributed by atoms with E-state index in [9.17, 15) is 46.1 Å². The van der Waals surface area contributed by atoms with E-state index in [-0.39, 0.29) is 45.0 Å². The van der Waals surface area contributed by atoms with Crippen LogP contribution in [0.25, 0.3) is 16.0 Å². The van der Waals surface area contributed by atoms with Crippen molar-refractivity contribution in [1.82, 2.24) is 4.90 Å².